The van der Waals surface area contributed by atoms with E-state index in [0.29, 0.717) is 24.2 Å². The smallest absolute Gasteiger partial charge is 0.265 e. The Balaban J connectivity index is 0.00000274. The number of hydrogen-bond acceptors (Lipinski definition) is 3. The fourth-order valence-corrected chi connectivity index (χ4v) is 12.3. The monoisotopic (exact) mass is 512 g/mol. The number of fused-ring (bicyclic) bond motifs is 2. The topological polar surface area (TPSA) is 71.4 Å². The maximum absolute atomic E-state index is 15.2. The Bertz CT molecular complexity index is 845. The third-order valence-corrected chi connectivity index (χ3v) is 12.9. The quantitative estimate of drug-likeness (QED) is 0.399. The van der Waals surface area contributed by atoms with Gasteiger partial charge in [0.15, 0.2) is 0 Å². The molecule has 0 aromatic heterocycles. The predicted octanol–water partition coefficient (Wildman–Crippen LogP) is 7.09. The molecule has 5 fully saturated rings. The van der Waals surface area contributed by atoms with Gasteiger partial charge in [-0.15, -0.1) is 0 Å². The minimum Gasteiger partial charge on any atom is -0.298 e. The molecule has 5 saturated carbocycles. The second-order valence-corrected chi connectivity index (χ2v) is 14.6. The van der Waals surface area contributed by atoms with Crippen LogP contribution in [0.4, 0.5) is 0 Å². The number of rotatable bonds is 5. The lowest BCUT2D eigenvalue weighted by Gasteiger charge is -2.62. The average Bonchev–Trinajstić information content (AvgIpc) is 3.10. The zero-order valence-electron chi connectivity index (χ0n) is 21.5. The highest BCUT2D eigenvalue weighted by molar-refractivity contribution is 7.85. The van der Waals surface area contributed by atoms with E-state index in [-0.39, 0.29) is 35.9 Å². The minimum atomic E-state index is -4.25. The Morgan fingerprint density at radius 1 is 0.735 bits per heavy atom. The van der Waals surface area contributed by atoms with Crippen LogP contribution in [-0.4, -0.2) is 24.5 Å². The first-order valence-corrected chi connectivity index (χ1v) is 15.7. The van der Waals surface area contributed by atoms with E-state index in [4.69, 9.17) is 0 Å². The van der Waals surface area contributed by atoms with E-state index < -0.39 is 20.9 Å². The van der Waals surface area contributed by atoms with Gasteiger partial charge in [0.05, 0.1) is 11.2 Å². The molecule has 5 aliphatic carbocycles. The van der Waals surface area contributed by atoms with E-state index in [1.165, 1.54) is 70.6 Å². The summed E-state index contributed by atoms with van der Waals surface area (Å²) in [6, 6.07) is 0. The molecule has 5 aliphatic rings. The molecule has 0 aromatic rings. The Kier molecular flexibility index (Phi) is 7.42. The fourth-order valence-electron chi connectivity index (χ4n) is 11.0. The maximum atomic E-state index is 15.2. The SMILES string of the molecule is CC1(C)C2(CS(=O)(=O)O)CCC1(C1CCCCC1)C(C1CCCCC1)(C1CCCCC1)C2=O.S. The number of carbonyl (C=O) groups is 1. The normalized spacial score (nSPS) is 37.0. The van der Waals surface area contributed by atoms with Crippen molar-refractivity contribution in [3.05, 3.63) is 0 Å². The van der Waals surface area contributed by atoms with Crippen LogP contribution in [-0.2, 0) is 14.9 Å². The summed E-state index contributed by atoms with van der Waals surface area (Å²) in [6.45, 7) is 4.51. The van der Waals surface area contributed by atoms with Crippen LogP contribution < -0.4 is 0 Å². The van der Waals surface area contributed by atoms with Crippen LogP contribution in [0.15, 0.2) is 0 Å². The molecule has 2 unspecified atom stereocenters. The van der Waals surface area contributed by atoms with Crippen molar-refractivity contribution in [2.45, 2.75) is 123 Å². The highest BCUT2D eigenvalue weighted by Gasteiger charge is 2.85. The highest BCUT2D eigenvalue weighted by Crippen LogP contribution is 2.84. The minimum absolute atomic E-state index is 0. The predicted molar refractivity (Wildman–Crippen MR) is 142 cm³/mol. The maximum Gasteiger partial charge on any atom is 0.265 e. The van der Waals surface area contributed by atoms with Crippen LogP contribution >= 0.6 is 13.5 Å². The van der Waals surface area contributed by atoms with E-state index in [1.54, 1.807) is 0 Å². The molecule has 0 heterocycles. The molecule has 34 heavy (non-hydrogen) atoms. The molecule has 0 amide bonds. The second-order valence-electron chi connectivity index (χ2n) is 13.1. The van der Waals surface area contributed by atoms with Gasteiger partial charge in [0.1, 0.15) is 5.78 Å². The summed E-state index contributed by atoms with van der Waals surface area (Å²) < 4.78 is 35.0. The molecule has 0 saturated heterocycles. The molecular weight excluding hydrogens is 464 g/mol. The summed E-state index contributed by atoms with van der Waals surface area (Å²) in [7, 11) is -4.25. The van der Waals surface area contributed by atoms with Gasteiger partial charge < -0.3 is 0 Å². The van der Waals surface area contributed by atoms with E-state index >= 15 is 4.79 Å². The lowest BCUT2D eigenvalue weighted by atomic mass is 9.40. The van der Waals surface area contributed by atoms with Crippen LogP contribution in [0.2, 0.25) is 0 Å². The molecule has 2 bridgehead atoms. The van der Waals surface area contributed by atoms with E-state index in [2.05, 4.69) is 13.8 Å². The number of hydrogen-bond donors (Lipinski definition) is 1. The fraction of sp³-hybridized carbons (Fsp3) is 0.964. The van der Waals surface area contributed by atoms with Crippen LogP contribution in [0, 0.1) is 39.4 Å². The zero-order chi connectivity index (χ0) is 23.5. The molecule has 5 rings (SSSR count). The molecule has 0 aromatic carbocycles. The third-order valence-electron chi connectivity index (χ3n) is 12.0. The molecule has 0 aliphatic heterocycles. The van der Waals surface area contributed by atoms with E-state index in [0.717, 1.165) is 32.1 Å². The van der Waals surface area contributed by atoms with Crippen molar-refractivity contribution in [2.75, 3.05) is 5.75 Å². The largest absolute Gasteiger partial charge is 0.298 e. The van der Waals surface area contributed by atoms with Crippen LogP contribution in [0.1, 0.15) is 123 Å². The molecule has 6 heteroatoms. The molecule has 2 atom stereocenters. The Hall–Kier alpha value is -0.0700. The van der Waals surface area contributed by atoms with Gasteiger partial charge in [-0.05, 0) is 80.0 Å². The molecule has 0 radical (unpaired) electrons. The molecule has 0 spiro atoms. The number of Topliss-reactive ketones (excluding diaryl/α,β-unsaturated/α-hetero) is 1. The summed E-state index contributed by atoms with van der Waals surface area (Å²) in [5.41, 5.74) is -1.83. The third kappa shape index (κ3) is 3.46. The van der Waals surface area contributed by atoms with Crippen LogP contribution in [0.5, 0.6) is 0 Å². The van der Waals surface area contributed by atoms with Crippen LogP contribution in [0.3, 0.4) is 0 Å². The first-order chi connectivity index (χ1) is 15.6. The van der Waals surface area contributed by atoms with Crippen molar-refractivity contribution in [3.63, 3.8) is 0 Å². The van der Waals surface area contributed by atoms with Gasteiger partial charge in [0, 0.05) is 5.41 Å². The van der Waals surface area contributed by atoms with E-state index in [9.17, 15) is 13.0 Å². The summed E-state index contributed by atoms with van der Waals surface area (Å²) in [5.74, 6) is 1.23. The lowest BCUT2D eigenvalue weighted by molar-refractivity contribution is -0.171. The Morgan fingerprint density at radius 2 is 1.15 bits per heavy atom. The van der Waals surface area contributed by atoms with Gasteiger partial charge >= 0.3 is 0 Å². The van der Waals surface area contributed by atoms with E-state index in [1.807, 2.05) is 0 Å². The van der Waals surface area contributed by atoms with Gasteiger partial charge in [0.2, 0.25) is 0 Å². The van der Waals surface area contributed by atoms with Crippen molar-refractivity contribution in [2.24, 2.45) is 39.4 Å². The second kappa shape index (κ2) is 9.35. The standard InChI is InChI=1S/C28H46O4S.H2S/c1-25(2)26(20-33(30,31)32)18-19-27(25,21-12-6-3-7-13-21)28(24(26)29,22-14-8-4-9-15-22)23-16-10-5-11-17-23;/h21-23H,3-20H2,1-2H3,(H,30,31,32);1H2. The van der Waals surface area contributed by atoms with Gasteiger partial charge in [-0.25, -0.2) is 0 Å². The Morgan fingerprint density at radius 3 is 1.56 bits per heavy atom. The van der Waals surface area contributed by atoms with Gasteiger partial charge in [-0.1, -0.05) is 71.6 Å². The molecular formula is C28H48O4S2. The zero-order valence-corrected chi connectivity index (χ0v) is 23.4. The average molecular weight is 513 g/mol. The van der Waals surface area contributed by atoms with Crippen molar-refractivity contribution in [1.82, 2.24) is 0 Å². The van der Waals surface area contributed by atoms with Gasteiger partial charge in [0.25, 0.3) is 10.1 Å². The summed E-state index contributed by atoms with van der Waals surface area (Å²) >= 11 is 0. The van der Waals surface area contributed by atoms with Crippen molar-refractivity contribution >= 4 is 29.4 Å². The number of carbonyl (C=O) groups excluding carboxylic acids is 1. The Labute approximate surface area is 215 Å². The van der Waals surface area contributed by atoms with Crippen molar-refractivity contribution in [3.8, 4) is 0 Å². The summed E-state index contributed by atoms with van der Waals surface area (Å²) in [6.07, 6.45) is 19.7. The van der Waals surface area contributed by atoms with Gasteiger partial charge in [-0.2, -0.15) is 21.9 Å². The first-order valence-electron chi connectivity index (χ1n) is 14.1. The van der Waals surface area contributed by atoms with Crippen molar-refractivity contribution in [1.29, 1.82) is 0 Å². The highest BCUT2D eigenvalue weighted by atomic mass is 32.2. The number of ketones is 1. The summed E-state index contributed by atoms with van der Waals surface area (Å²) in [4.78, 5) is 15.2. The lowest BCUT2D eigenvalue weighted by Crippen LogP contribution is -2.60. The van der Waals surface area contributed by atoms with Crippen molar-refractivity contribution < 1.29 is 17.8 Å². The molecule has 4 nitrogen and oxygen atoms in total. The van der Waals surface area contributed by atoms with Gasteiger partial charge in [-0.3, -0.25) is 9.35 Å². The summed E-state index contributed by atoms with van der Waals surface area (Å²) in [5, 5.41) is 0. The van der Waals surface area contributed by atoms with Crippen LogP contribution in [0.25, 0.3) is 0 Å². The molecule has 1 N–H and O–H groups in total. The molecule has 196 valence electrons. The first kappa shape index (κ1) is 27.0.